The molecule has 6 nitrogen and oxygen atoms in total. The Morgan fingerprint density at radius 2 is 1.93 bits per heavy atom. The first-order valence-electron chi connectivity index (χ1n) is 8.66. The fourth-order valence-electron chi connectivity index (χ4n) is 3.51. The lowest BCUT2D eigenvalue weighted by atomic mass is 9.97. The first-order valence-corrected chi connectivity index (χ1v) is 10.6. The zero-order chi connectivity index (χ0) is 19.6. The van der Waals surface area contributed by atoms with Gasteiger partial charge in [0.1, 0.15) is 4.90 Å². The van der Waals surface area contributed by atoms with Gasteiger partial charge in [-0.3, -0.25) is 4.79 Å². The van der Waals surface area contributed by atoms with E-state index in [1.54, 1.807) is 0 Å². The van der Waals surface area contributed by atoms with Crippen LogP contribution in [0.1, 0.15) is 34.8 Å². The molecule has 1 fully saturated rings. The number of nitrogens with two attached hydrogens (primary N) is 1. The highest BCUT2D eigenvalue weighted by molar-refractivity contribution is 7.89. The van der Waals surface area contributed by atoms with E-state index in [0.717, 1.165) is 24.9 Å². The molecule has 3 rings (SSSR count). The molecule has 0 saturated carbocycles. The van der Waals surface area contributed by atoms with Gasteiger partial charge in [-0.2, -0.15) is 0 Å². The highest BCUT2D eigenvalue weighted by Gasteiger charge is 2.32. The van der Waals surface area contributed by atoms with Crippen LogP contribution in [0.2, 0.25) is 5.02 Å². The van der Waals surface area contributed by atoms with Gasteiger partial charge < -0.3 is 10.2 Å². The summed E-state index contributed by atoms with van der Waals surface area (Å²) in [7, 11) is -1.97. The molecule has 1 saturated heterocycles. The number of primary sulfonamides is 1. The zero-order valence-electron chi connectivity index (χ0n) is 15.3. The van der Waals surface area contributed by atoms with Crippen LogP contribution < -0.4 is 10.5 Å². The number of amides is 1. The lowest BCUT2D eigenvalue weighted by Crippen LogP contribution is -2.41. The van der Waals surface area contributed by atoms with Gasteiger partial charge in [0.15, 0.2) is 0 Å². The molecular weight excluding hydrogens is 421 g/mol. The van der Waals surface area contributed by atoms with Crippen molar-refractivity contribution in [3.05, 3.63) is 64.7 Å². The summed E-state index contributed by atoms with van der Waals surface area (Å²) in [5, 5.41) is 8.24. The SMILES string of the molecule is CN1CCC[C@H]1C(NC(=O)c1ccc(Cl)c(S(N)(=O)=O)c1)c1ccccc1.Cl. The van der Waals surface area contributed by atoms with Crippen LogP contribution in [0.3, 0.4) is 0 Å². The average molecular weight is 444 g/mol. The van der Waals surface area contributed by atoms with Crippen molar-refractivity contribution in [1.29, 1.82) is 0 Å². The third-order valence-electron chi connectivity index (χ3n) is 4.91. The van der Waals surface area contributed by atoms with Crippen LogP contribution in [0.15, 0.2) is 53.4 Å². The first kappa shape index (κ1) is 22.6. The Morgan fingerprint density at radius 3 is 2.50 bits per heavy atom. The van der Waals surface area contributed by atoms with Crippen molar-refractivity contribution in [3.63, 3.8) is 0 Å². The molecule has 28 heavy (non-hydrogen) atoms. The molecule has 2 aromatic carbocycles. The second kappa shape index (κ2) is 9.24. The van der Waals surface area contributed by atoms with Gasteiger partial charge in [0, 0.05) is 11.6 Å². The van der Waals surface area contributed by atoms with Gasteiger partial charge >= 0.3 is 0 Å². The van der Waals surface area contributed by atoms with Gasteiger partial charge in [0.25, 0.3) is 5.91 Å². The number of sulfonamides is 1. The van der Waals surface area contributed by atoms with E-state index in [-0.39, 0.29) is 45.9 Å². The van der Waals surface area contributed by atoms with Crippen molar-refractivity contribution in [2.24, 2.45) is 5.14 Å². The Bertz CT molecular complexity index is 939. The molecule has 2 atom stereocenters. The number of rotatable bonds is 5. The number of hydrogen-bond donors (Lipinski definition) is 2. The minimum Gasteiger partial charge on any atom is -0.344 e. The Hall–Kier alpha value is -1.64. The molecule has 1 aliphatic rings. The second-order valence-corrected chi connectivity index (χ2v) is 8.68. The molecule has 2 aromatic rings. The van der Waals surface area contributed by atoms with E-state index < -0.39 is 10.0 Å². The molecule has 1 unspecified atom stereocenters. The van der Waals surface area contributed by atoms with E-state index in [1.807, 2.05) is 37.4 Å². The predicted molar refractivity (Wildman–Crippen MR) is 112 cm³/mol. The standard InChI is InChI=1S/C19H22ClN3O3S.ClH/c1-23-11-5-8-16(23)18(13-6-3-2-4-7-13)22-19(24)14-9-10-15(20)17(12-14)27(21,25)26;/h2-4,6-7,9-10,12,16,18H,5,8,11H2,1H3,(H,22,24)(H2,21,25,26);1H/t16-,18?;/m0./s1. The maximum atomic E-state index is 12.9. The number of likely N-dealkylation sites (tertiary alicyclic amines) is 1. The molecule has 3 N–H and O–H groups in total. The number of carbonyl (C=O) groups excluding carboxylic acids is 1. The zero-order valence-corrected chi connectivity index (χ0v) is 17.7. The lowest BCUT2D eigenvalue weighted by Gasteiger charge is -2.30. The van der Waals surface area contributed by atoms with Crippen LogP contribution in [-0.2, 0) is 10.0 Å². The lowest BCUT2D eigenvalue weighted by molar-refractivity contribution is 0.0912. The molecule has 0 aliphatic carbocycles. The van der Waals surface area contributed by atoms with E-state index >= 15 is 0 Å². The molecule has 152 valence electrons. The van der Waals surface area contributed by atoms with Gasteiger partial charge in [-0.1, -0.05) is 41.9 Å². The van der Waals surface area contributed by atoms with Crippen LogP contribution in [-0.4, -0.2) is 38.9 Å². The fraction of sp³-hybridized carbons (Fsp3) is 0.316. The van der Waals surface area contributed by atoms with Gasteiger partial charge in [0.2, 0.25) is 10.0 Å². The topological polar surface area (TPSA) is 92.5 Å². The normalized spacial score (nSPS) is 18.3. The Balaban J connectivity index is 0.00000280. The van der Waals surface area contributed by atoms with Gasteiger partial charge in [-0.15, -0.1) is 12.4 Å². The molecule has 0 aromatic heterocycles. The number of halogens is 2. The van der Waals surface area contributed by atoms with Gasteiger partial charge in [0.05, 0.1) is 11.1 Å². The van der Waals surface area contributed by atoms with Crippen LogP contribution in [0.25, 0.3) is 0 Å². The summed E-state index contributed by atoms with van der Waals surface area (Å²) in [5.41, 5.74) is 1.20. The van der Waals surface area contributed by atoms with Crippen LogP contribution >= 0.6 is 24.0 Å². The van der Waals surface area contributed by atoms with Crippen molar-refractivity contribution >= 4 is 39.9 Å². The average Bonchev–Trinajstić information content (AvgIpc) is 3.05. The predicted octanol–water partition coefficient (Wildman–Crippen LogP) is 2.97. The molecule has 0 spiro atoms. The summed E-state index contributed by atoms with van der Waals surface area (Å²) in [5.74, 6) is -0.370. The van der Waals surface area contributed by atoms with Gasteiger partial charge in [-0.25, -0.2) is 13.6 Å². The number of nitrogens with zero attached hydrogens (tertiary/aromatic N) is 1. The van der Waals surface area contributed by atoms with E-state index in [0.29, 0.717) is 0 Å². The maximum absolute atomic E-state index is 12.9. The summed E-state index contributed by atoms with van der Waals surface area (Å²) in [6, 6.07) is 13.8. The quantitative estimate of drug-likeness (QED) is 0.742. The first-order chi connectivity index (χ1) is 12.8. The van der Waals surface area contributed by atoms with E-state index in [4.69, 9.17) is 16.7 Å². The molecule has 0 radical (unpaired) electrons. The maximum Gasteiger partial charge on any atom is 0.251 e. The van der Waals surface area contributed by atoms with Crippen LogP contribution in [0, 0.1) is 0 Å². The van der Waals surface area contributed by atoms with Gasteiger partial charge in [-0.05, 0) is 50.2 Å². The number of hydrogen-bond acceptors (Lipinski definition) is 4. The largest absolute Gasteiger partial charge is 0.344 e. The van der Waals surface area contributed by atoms with Crippen LogP contribution in [0.4, 0.5) is 0 Å². The number of benzene rings is 2. The van der Waals surface area contributed by atoms with Crippen molar-refractivity contribution in [2.45, 2.75) is 29.8 Å². The third kappa shape index (κ3) is 5.04. The van der Waals surface area contributed by atoms with Crippen molar-refractivity contribution in [3.8, 4) is 0 Å². The van der Waals surface area contributed by atoms with Crippen molar-refractivity contribution in [2.75, 3.05) is 13.6 Å². The van der Waals surface area contributed by atoms with Crippen LogP contribution in [0.5, 0.6) is 0 Å². The fourth-order valence-corrected chi connectivity index (χ4v) is 4.58. The molecular formula is C19H23Cl2N3O3S. The summed E-state index contributed by atoms with van der Waals surface area (Å²) >= 11 is 5.91. The summed E-state index contributed by atoms with van der Waals surface area (Å²) < 4.78 is 23.4. The smallest absolute Gasteiger partial charge is 0.251 e. The van der Waals surface area contributed by atoms with E-state index in [9.17, 15) is 13.2 Å². The highest BCUT2D eigenvalue weighted by atomic mass is 35.5. The number of carbonyl (C=O) groups is 1. The number of nitrogens with one attached hydrogen (secondary N) is 1. The summed E-state index contributed by atoms with van der Waals surface area (Å²) in [6.07, 6.45) is 2.04. The van der Waals surface area contributed by atoms with Crippen molar-refractivity contribution in [1.82, 2.24) is 10.2 Å². The molecule has 1 amide bonds. The van der Waals surface area contributed by atoms with Crippen molar-refractivity contribution < 1.29 is 13.2 Å². The Morgan fingerprint density at radius 1 is 1.25 bits per heavy atom. The molecule has 9 heteroatoms. The van der Waals surface area contributed by atoms with E-state index in [1.165, 1.54) is 18.2 Å². The molecule has 1 aliphatic heterocycles. The Kier molecular flexibility index (Phi) is 7.47. The molecule has 0 bridgehead atoms. The number of likely N-dealkylation sites (N-methyl/N-ethyl adjacent to an activating group) is 1. The highest BCUT2D eigenvalue weighted by Crippen LogP contribution is 2.29. The summed E-state index contributed by atoms with van der Waals surface area (Å²) in [6.45, 7) is 0.973. The van der Waals surface area contributed by atoms with E-state index in [2.05, 4.69) is 10.2 Å². The Labute approximate surface area is 176 Å². The third-order valence-corrected chi connectivity index (χ3v) is 6.30. The minimum atomic E-state index is -4.01. The minimum absolute atomic E-state index is 0. The monoisotopic (exact) mass is 443 g/mol. The summed E-state index contributed by atoms with van der Waals surface area (Å²) in [4.78, 5) is 14.8. The molecule has 1 heterocycles. The second-order valence-electron chi connectivity index (χ2n) is 6.74.